The molecule has 0 aliphatic heterocycles. The number of hydrogen-bond donors (Lipinski definition) is 5. The van der Waals surface area contributed by atoms with Crippen molar-refractivity contribution in [2.24, 2.45) is 5.73 Å². The molecule has 1 aromatic carbocycles. The minimum absolute atomic E-state index is 0.103. The van der Waals surface area contributed by atoms with Gasteiger partial charge in [0.1, 0.15) is 9.71 Å². The molecule has 0 saturated carbocycles. The highest BCUT2D eigenvalue weighted by Gasteiger charge is 2.25. The Kier molecular flexibility index (Phi) is 13.1. The molecule has 3 aromatic rings. The summed E-state index contributed by atoms with van der Waals surface area (Å²) in [7, 11) is 1.64. The zero-order valence-electron chi connectivity index (χ0n) is 26.4. The van der Waals surface area contributed by atoms with E-state index in [-0.39, 0.29) is 24.4 Å². The summed E-state index contributed by atoms with van der Waals surface area (Å²) in [4.78, 5) is 38.2. The first-order chi connectivity index (χ1) is 19.6. The van der Waals surface area contributed by atoms with Crippen molar-refractivity contribution < 1.29 is 14.3 Å². The van der Waals surface area contributed by atoms with Gasteiger partial charge in [-0.3, -0.25) is 14.5 Å². The van der Waals surface area contributed by atoms with E-state index in [1.54, 1.807) is 7.11 Å². The number of thiophene rings is 1. The van der Waals surface area contributed by atoms with Gasteiger partial charge in [0.15, 0.2) is 0 Å². The lowest BCUT2D eigenvalue weighted by atomic mass is 10.1. The van der Waals surface area contributed by atoms with Gasteiger partial charge in [0.05, 0.1) is 29.9 Å². The van der Waals surface area contributed by atoms with Crippen molar-refractivity contribution in [1.29, 1.82) is 0 Å². The van der Waals surface area contributed by atoms with Crippen LogP contribution in [0.25, 0.3) is 21.5 Å². The van der Waals surface area contributed by atoms with E-state index in [9.17, 15) is 9.59 Å². The number of likely N-dealkylation sites (N-methyl/N-ethyl adjacent to an activating group) is 1. The minimum Gasteiger partial charge on any atom is -0.397 e. The highest BCUT2D eigenvalue weighted by atomic mass is 32.1. The van der Waals surface area contributed by atoms with E-state index < -0.39 is 5.54 Å². The molecule has 232 valence electrons. The summed E-state index contributed by atoms with van der Waals surface area (Å²) in [5, 5.41) is 9.82. The third-order valence-electron chi connectivity index (χ3n) is 5.55. The molecular weight excluding hydrogens is 552 g/mol. The van der Waals surface area contributed by atoms with Crippen molar-refractivity contribution in [3.05, 3.63) is 29.1 Å². The number of carbonyl (C=O) groups is 2. The highest BCUT2D eigenvalue weighted by molar-refractivity contribution is 7.21. The molecule has 0 fully saturated rings. The molecule has 2 aromatic heterocycles. The largest absolute Gasteiger partial charge is 0.397 e. The summed E-state index contributed by atoms with van der Waals surface area (Å²) < 4.78 is 5.13. The second-order valence-electron chi connectivity index (χ2n) is 11.7. The van der Waals surface area contributed by atoms with Crippen LogP contribution in [0, 0.1) is 0 Å². The lowest BCUT2D eigenvalue weighted by molar-refractivity contribution is -0.117. The first-order valence-electron chi connectivity index (χ1n) is 14.2. The van der Waals surface area contributed by atoms with Gasteiger partial charge in [0.2, 0.25) is 11.9 Å². The Balaban J connectivity index is 0.00000144. The fourth-order valence-corrected chi connectivity index (χ4v) is 4.83. The summed E-state index contributed by atoms with van der Waals surface area (Å²) >= 11 is 1.24. The lowest BCUT2D eigenvalue weighted by Crippen LogP contribution is -2.40. The molecule has 2 amide bonds. The standard InChI is InChI=1S/C27H39N7O3S.C3H9N/c1-8-34(12-13-37-7)15-19(35)30-18-11-9-10-17(14-18)22-20-21(28)23(24(36)33-27(4,5)6)38-25(20)32-26(31-22)29-16(2)3;1-3(2)4/h9-11,14,16H,8,12-13,15,28H2,1-7H3,(H,30,35)(H,33,36)(H,29,31,32);3H,4H2,1-2H3. The number of fused-ring (bicyclic) bond motifs is 1. The Bertz CT molecular complexity index is 1330. The molecule has 12 heteroatoms. The van der Waals surface area contributed by atoms with Gasteiger partial charge in [-0.2, -0.15) is 0 Å². The smallest absolute Gasteiger partial charge is 0.263 e. The van der Waals surface area contributed by atoms with Crippen LogP contribution in [-0.4, -0.2) is 77.7 Å². The first-order valence-corrected chi connectivity index (χ1v) is 15.0. The Morgan fingerprint density at radius 3 is 2.38 bits per heavy atom. The Morgan fingerprint density at radius 2 is 1.81 bits per heavy atom. The van der Waals surface area contributed by atoms with Crippen LogP contribution in [0.1, 0.15) is 65.1 Å². The number of aromatic nitrogens is 2. The van der Waals surface area contributed by atoms with Gasteiger partial charge in [-0.1, -0.05) is 32.9 Å². The third kappa shape index (κ3) is 10.8. The molecule has 7 N–H and O–H groups in total. The fraction of sp³-hybridized carbons (Fsp3) is 0.533. The van der Waals surface area contributed by atoms with E-state index in [0.717, 1.165) is 12.1 Å². The van der Waals surface area contributed by atoms with Gasteiger partial charge in [0.25, 0.3) is 5.91 Å². The average molecular weight is 601 g/mol. The number of nitrogens with two attached hydrogens (primary N) is 2. The Labute approximate surface area is 253 Å². The van der Waals surface area contributed by atoms with Crippen LogP contribution in [0.15, 0.2) is 24.3 Å². The maximum Gasteiger partial charge on any atom is 0.263 e. The number of hydrogen-bond acceptors (Lipinski definition) is 10. The predicted molar refractivity (Wildman–Crippen MR) is 175 cm³/mol. The second kappa shape index (κ2) is 15.8. The molecule has 0 spiro atoms. The monoisotopic (exact) mass is 600 g/mol. The van der Waals surface area contributed by atoms with Gasteiger partial charge < -0.3 is 32.2 Å². The normalized spacial score (nSPS) is 11.5. The lowest BCUT2D eigenvalue weighted by Gasteiger charge is -2.20. The molecule has 42 heavy (non-hydrogen) atoms. The molecule has 0 radical (unpaired) electrons. The molecule has 0 bridgehead atoms. The van der Waals surface area contributed by atoms with E-state index in [2.05, 4.69) is 20.9 Å². The number of ether oxygens (including phenoxy) is 1. The molecule has 11 nitrogen and oxygen atoms in total. The van der Waals surface area contributed by atoms with Gasteiger partial charge in [-0.25, -0.2) is 9.97 Å². The fourth-order valence-electron chi connectivity index (χ4n) is 3.84. The first kappa shape index (κ1) is 34.9. The van der Waals surface area contributed by atoms with Crippen molar-refractivity contribution in [3.8, 4) is 11.3 Å². The van der Waals surface area contributed by atoms with Gasteiger partial charge in [-0.15, -0.1) is 11.3 Å². The Hall–Kier alpha value is -3.32. The van der Waals surface area contributed by atoms with E-state index in [0.29, 0.717) is 57.3 Å². The zero-order valence-corrected chi connectivity index (χ0v) is 27.2. The van der Waals surface area contributed by atoms with Crippen LogP contribution in [0.4, 0.5) is 17.3 Å². The number of amides is 2. The predicted octanol–water partition coefficient (Wildman–Crippen LogP) is 4.55. The zero-order chi connectivity index (χ0) is 31.6. The number of nitrogens with zero attached hydrogens (tertiary/aromatic N) is 3. The third-order valence-corrected chi connectivity index (χ3v) is 6.65. The van der Waals surface area contributed by atoms with Crippen LogP contribution >= 0.6 is 11.3 Å². The van der Waals surface area contributed by atoms with Crippen LogP contribution in [0.3, 0.4) is 0 Å². The highest BCUT2D eigenvalue weighted by Crippen LogP contribution is 2.39. The van der Waals surface area contributed by atoms with Gasteiger partial charge in [-0.05, 0) is 59.3 Å². The van der Waals surface area contributed by atoms with E-state index in [4.69, 9.17) is 21.2 Å². The van der Waals surface area contributed by atoms with E-state index in [1.165, 1.54) is 11.3 Å². The van der Waals surface area contributed by atoms with E-state index in [1.807, 2.05) is 84.6 Å². The van der Waals surface area contributed by atoms with Crippen molar-refractivity contribution in [1.82, 2.24) is 20.2 Å². The number of anilines is 3. The summed E-state index contributed by atoms with van der Waals surface area (Å²) in [5.41, 5.74) is 13.6. The SMILES string of the molecule is CC(C)N.CCN(CCOC)CC(=O)Nc1cccc(-c2nc(NC(C)C)nc3sc(C(=O)NC(C)(C)C)c(N)c23)c1. The molecule has 2 heterocycles. The van der Waals surface area contributed by atoms with Gasteiger partial charge in [0, 0.05) is 36.5 Å². The molecular formula is C30H48N8O3S. The van der Waals surface area contributed by atoms with Crippen molar-refractivity contribution in [3.63, 3.8) is 0 Å². The molecule has 0 aliphatic rings. The van der Waals surface area contributed by atoms with Crippen LogP contribution in [0.2, 0.25) is 0 Å². The second-order valence-corrected chi connectivity index (χ2v) is 12.7. The quantitative estimate of drug-likeness (QED) is 0.213. The van der Waals surface area contributed by atoms with Crippen molar-refractivity contribution in [2.75, 3.05) is 49.7 Å². The molecule has 0 atom stereocenters. The number of rotatable bonds is 11. The minimum atomic E-state index is -0.415. The van der Waals surface area contributed by atoms with Crippen LogP contribution < -0.4 is 27.4 Å². The Morgan fingerprint density at radius 1 is 1.14 bits per heavy atom. The maximum absolute atomic E-state index is 13.0. The summed E-state index contributed by atoms with van der Waals surface area (Å²) in [6, 6.07) is 7.88. The number of nitrogen functional groups attached to an aromatic ring is 1. The molecule has 3 rings (SSSR count). The van der Waals surface area contributed by atoms with Crippen molar-refractivity contribution in [2.45, 2.75) is 73.0 Å². The average Bonchev–Trinajstić information content (AvgIpc) is 3.20. The summed E-state index contributed by atoms with van der Waals surface area (Å²) in [6.45, 7) is 17.9. The topological polar surface area (TPSA) is 161 Å². The van der Waals surface area contributed by atoms with Crippen LogP contribution in [-0.2, 0) is 9.53 Å². The molecule has 0 unspecified atom stereocenters. The number of carbonyl (C=O) groups excluding carboxylic acids is 2. The van der Waals surface area contributed by atoms with E-state index >= 15 is 0 Å². The van der Waals surface area contributed by atoms with Gasteiger partial charge >= 0.3 is 0 Å². The maximum atomic E-state index is 13.0. The number of methoxy groups -OCH3 is 1. The van der Waals surface area contributed by atoms with Crippen molar-refractivity contribution >= 4 is 50.7 Å². The van der Waals surface area contributed by atoms with Crippen LogP contribution in [0.5, 0.6) is 0 Å². The summed E-state index contributed by atoms with van der Waals surface area (Å²) in [6.07, 6.45) is 0. The number of nitrogens with one attached hydrogen (secondary N) is 3. The number of benzene rings is 1. The molecule has 0 saturated heterocycles. The summed E-state index contributed by atoms with van der Waals surface area (Å²) in [5.74, 6) is 0.0706. The molecule has 0 aliphatic carbocycles.